The van der Waals surface area contributed by atoms with Gasteiger partial charge < -0.3 is 9.47 Å². The highest BCUT2D eigenvalue weighted by molar-refractivity contribution is 9.12. The van der Waals surface area contributed by atoms with Gasteiger partial charge in [-0.05, 0) is 49.4 Å². The molecule has 0 aromatic heterocycles. The molecule has 1 aliphatic heterocycles. The van der Waals surface area contributed by atoms with E-state index in [1.165, 1.54) is 25.7 Å². The van der Waals surface area contributed by atoms with E-state index in [1.807, 2.05) is 0 Å². The maximum absolute atomic E-state index is 6.07. The van der Waals surface area contributed by atoms with Gasteiger partial charge in [0.1, 0.15) is 0 Å². The van der Waals surface area contributed by atoms with Crippen molar-refractivity contribution in [2.45, 2.75) is 50.8 Å². The molecule has 6 rings (SSSR count). The number of fused-ring (bicyclic) bond motifs is 5. The van der Waals surface area contributed by atoms with Gasteiger partial charge in [0.25, 0.3) is 0 Å². The third-order valence-corrected chi connectivity index (χ3v) is 10.9. The summed E-state index contributed by atoms with van der Waals surface area (Å²) in [5.74, 6) is 2.93. The van der Waals surface area contributed by atoms with Crippen molar-refractivity contribution in [1.82, 2.24) is 0 Å². The Bertz CT molecular complexity index is 374. The van der Waals surface area contributed by atoms with Gasteiger partial charge in [0.05, 0.1) is 22.9 Å². The quantitative estimate of drug-likeness (QED) is 0.401. The van der Waals surface area contributed by atoms with Gasteiger partial charge in [-0.3, -0.25) is 0 Å². The van der Waals surface area contributed by atoms with Gasteiger partial charge in [0.2, 0.25) is 0 Å². The lowest BCUT2D eigenvalue weighted by atomic mass is 9.52. The first-order chi connectivity index (χ1) is 10.0. The summed E-state index contributed by atoms with van der Waals surface area (Å²) in [5.41, 5.74) is 0. The van der Waals surface area contributed by atoms with Gasteiger partial charge in [0.15, 0.2) is 5.79 Å². The zero-order chi connectivity index (χ0) is 14.8. The second kappa shape index (κ2) is 5.98. The van der Waals surface area contributed by atoms with Crippen LogP contribution >= 0.6 is 63.7 Å². The van der Waals surface area contributed by atoms with E-state index in [1.54, 1.807) is 0 Å². The average Bonchev–Trinajstić information content (AvgIpc) is 2.89. The van der Waals surface area contributed by atoms with Crippen LogP contribution in [0.1, 0.15) is 25.7 Å². The summed E-state index contributed by atoms with van der Waals surface area (Å²) in [6.07, 6.45) is 4.95. The summed E-state index contributed by atoms with van der Waals surface area (Å²) in [6, 6.07) is 0. The molecule has 0 radical (unpaired) electrons. The van der Waals surface area contributed by atoms with Crippen LogP contribution in [0.4, 0.5) is 0 Å². The molecule has 0 N–H and O–H groups in total. The summed E-state index contributed by atoms with van der Waals surface area (Å²) in [5, 5.41) is 0. The third kappa shape index (κ3) is 2.48. The molecule has 1 spiro atoms. The molecule has 0 amide bonds. The minimum absolute atomic E-state index is 0.286. The Labute approximate surface area is 160 Å². The van der Waals surface area contributed by atoms with Crippen LogP contribution in [0.5, 0.6) is 0 Å². The summed E-state index contributed by atoms with van der Waals surface area (Å²) in [6.45, 7) is 1.44. The summed E-state index contributed by atoms with van der Waals surface area (Å²) in [4.78, 5) is 1.81. The lowest BCUT2D eigenvalue weighted by molar-refractivity contribution is -0.183. The van der Waals surface area contributed by atoms with Crippen LogP contribution in [0, 0.1) is 23.7 Å². The average molecular weight is 552 g/mol. The topological polar surface area (TPSA) is 18.5 Å². The van der Waals surface area contributed by atoms with Crippen LogP contribution in [-0.2, 0) is 9.47 Å². The lowest BCUT2D eigenvalue weighted by Gasteiger charge is -2.57. The fraction of sp³-hybridized carbons (Fsp3) is 1.00. The molecule has 0 aromatic rings. The fourth-order valence-electron chi connectivity index (χ4n) is 5.15. The summed E-state index contributed by atoms with van der Waals surface area (Å²) in [7, 11) is 0. The van der Waals surface area contributed by atoms with Crippen LogP contribution in [0.15, 0.2) is 0 Å². The Morgan fingerprint density at radius 2 is 1.00 bits per heavy atom. The number of rotatable bonds is 0. The lowest BCUT2D eigenvalue weighted by Crippen LogP contribution is -2.58. The van der Waals surface area contributed by atoms with E-state index >= 15 is 0 Å². The van der Waals surface area contributed by atoms with E-state index in [0.717, 1.165) is 36.9 Å². The van der Waals surface area contributed by atoms with Gasteiger partial charge in [0, 0.05) is 9.65 Å². The standard InChI is InChI=1S/C15H20Br4O2/c16-11-3-7-9-5-13(18)15(20-1-2-21-15)14(19)6-10(7)8(9)4-12(11)17/h7-14H,1-6H2. The van der Waals surface area contributed by atoms with Crippen molar-refractivity contribution in [3.63, 3.8) is 0 Å². The number of hydrogen-bond donors (Lipinski definition) is 0. The molecule has 0 aromatic carbocycles. The molecular formula is C15H20Br4O2. The Morgan fingerprint density at radius 1 is 0.619 bits per heavy atom. The monoisotopic (exact) mass is 548 g/mol. The molecule has 4 atom stereocenters. The maximum Gasteiger partial charge on any atom is 0.193 e. The van der Waals surface area contributed by atoms with Crippen molar-refractivity contribution >= 4 is 63.7 Å². The highest BCUT2D eigenvalue weighted by Crippen LogP contribution is 2.62. The van der Waals surface area contributed by atoms with Crippen molar-refractivity contribution in [1.29, 1.82) is 0 Å². The predicted octanol–water partition coefficient (Wildman–Crippen LogP) is 4.85. The largest absolute Gasteiger partial charge is 0.345 e. The molecule has 1 heterocycles. The predicted molar refractivity (Wildman–Crippen MR) is 97.9 cm³/mol. The molecule has 4 unspecified atom stereocenters. The molecule has 6 aliphatic rings. The van der Waals surface area contributed by atoms with Crippen molar-refractivity contribution in [2.75, 3.05) is 13.2 Å². The van der Waals surface area contributed by atoms with Crippen molar-refractivity contribution < 1.29 is 9.47 Å². The Kier molecular flexibility index (Phi) is 4.64. The van der Waals surface area contributed by atoms with E-state index in [0.29, 0.717) is 9.65 Å². The van der Waals surface area contributed by atoms with Crippen LogP contribution in [0.2, 0.25) is 0 Å². The Hall–Kier alpha value is 1.84. The van der Waals surface area contributed by atoms with Gasteiger partial charge in [-0.2, -0.15) is 0 Å². The number of alkyl halides is 4. The van der Waals surface area contributed by atoms with E-state index in [2.05, 4.69) is 63.7 Å². The van der Waals surface area contributed by atoms with Crippen LogP contribution < -0.4 is 0 Å². The molecule has 1 saturated heterocycles. The van der Waals surface area contributed by atoms with E-state index in [-0.39, 0.29) is 9.65 Å². The van der Waals surface area contributed by atoms with Gasteiger partial charge in [-0.1, -0.05) is 63.7 Å². The van der Waals surface area contributed by atoms with Crippen molar-refractivity contribution in [3.8, 4) is 0 Å². The molecule has 120 valence electrons. The van der Waals surface area contributed by atoms with E-state index in [4.69, 9.17) is 9.47 Å². The first-order valence-corrected chi connectivity index (χ1v) is 11.5. The van der Waals surface area contributed by atoms with Gasteiger partial charge in [-0.15, -0.1) is 0 Å². The van der Waals surface area contributed by atoms with Crippen molar-refractivity contribution in [2.24, 2.45) is 23.7 Å². The first-order valence-electron chi connectivity index (χ1n) is 7.87. The second-order valence-electron chi connectivity index (χ2n) is 6.98. The number of halogens is 4. The van der Waals surface area contributed by atoms with E-state index < -0.39 is 5.79 Å². The molecule has 5 saturated carbocycles. The highest BCUT2D eigenvalue weighted by atomic mass is 79.9. The molecular weight excluding hydrogens is 532 g/mol. The molecule has 2 nitrogen and oxygen atoms in total. The van der Waals surface area contributed by atoms with Gasteiger partial charge in [-0.25, -0.2) is 0 Å². The van der Waals surface area contributed by atoms with Gasteiger partial charge >= 0.3 is 0 Å². The first kappa shape index (κ1) is 16.3. The summed E-state index contributed by atoms with van der Waals surface area (Å²) < 4.78 is 12.1. The minimum atomic E-state index is -0.442. The SMILES string of the molecule is BrC1CC2C3CC(Br)C4(OCCO4)C(Br)CC2C3CC1Br. The smallest absolute Gasteiger partial charge is 0.193 e. The molecule has 4 bridgehead atoms. The van der Waals surface area contributed by atoms with Crippen LogP contribution in [0.3, 0.4) is 0 Å². The number of hydrogen-bond acceptors (Lipinski definition) is 2. The maximum atomic E-state index is 6.07. The number of ether oxygens (including phenoxy) is 2. The Balaban J connectivity index is 1.61. The Morgan fingerprint density at radius 3 is 1.43 bits per heavy atom. The zero-order valence-corrected chi connectivity index (χ0v) is 18.0. The minimum Gasteiger partial charge on any atom is -0.345 e. The van der Waals surface area contributed by atoms with E-state index in [9.17, 15) is 0 Å². The highest BCUT2D eigenvalue weighted by Gasteiger charge is 2.61. The third-order valence-electron chi connectivity index (χ3n) is 6.16. The molecule has 6 heteroatoms. The summed E-state index contributed by atoms with van der Waals surface area (Å²) >= 11 is 15.6. The van der Waals surface area contributed by atoms with Crippen molar-refractivity contribution in [3.05, 3.63) is 0 Å². The second-order valence-corrected chi connectivity index (χ2v) is 11.5. The van der Waals surface area contributed by atoms with Crippen LogP contribution in [0.25, 0.3) is 0 Å². The van der Waals surface area contributed by atoms with Crippen LogP contribution in [-0.4, -0.2) is 38.3 Å². The molecule has 6 fully saturated rings. The molecule has 5 aliphatic carbocycles. The normalized spacial score (nSPS) is 55.4. The fourth-order valence-corrected chi connectivity index (χ4v) is 8.83. The molecule has 21 heavy (non-hydrogen) atoms. The zero-order valence-electron chi connectivity index (χ0n) is 11.7.